The van der Waals surface area contributed by atoms with Gasteiger partial charge in [-0.3, -0.25) is 14.4 Å². The summed E-state index contributed by atoms with van der Waals surface area (Å²) < 4.78 is 36.3. The molecule has 2 fully saturated rings. The summed E-state index contributed by atoms with van der Waals surface area (Å²) in [6, 6.07) is 7.89. The molecular formula is C22H24N2O7S. The number of carbonyl (C=O) groups is 3. The van der Waals surface area contributed by atoms with E-state index in [0.29, 0.717) is 18.5 Å². The summed E-state index contributed by atoms with van der Waals surface area (Å²) in [6.07, 6.45) is 2.06. The van der Waals surface area contributed by atoms with Crippen LogP contribution < -0.4 is 10.6 Å². The molecule has 4 rings (SSSR count). The molecule has 2 aromatic rings. The first kappa shape index (κ1) is 22.4. The first-order valence-electron chi connectivity index (χ1n) is 10.4. The van der Waals surface area contributed by atoms with Crippen molar-refractivity contribution in [3.63, 3.8) is 0 Å². The zero-order chi connectivity index (χ0) is 22.7. The molecule has 0 aliphatic carbocycles. The van der Waals surface area contributed by atoms with Crippen molar-refractivity contribution in [1.82, 2.24) is 10.6 Å². The maximum absolute atomic E-state index is 13.3. The molecule has 32 heavy (non-hydrogen) atoms. The van der Waals surface area contributed by atoms with Crippen molar-refractivity contribution in [1.29, 1.82) is 0 Å². The Labute approximate surface area is 185 Å². The van der Waals surface area contributed by atoms with E-state index in [1.54, 1.807) is 30.3 Å². The molecule has 9 nitrogen and oxygen atoms in total. The quantitative estimate of drug-likeness (QED) is 0.549. The summed E-state index contributed by atoms with van der Waals surface area (Å²) >= 11 is 0. The lowest BCUT2D eigenvalue weighted by Crippen LogP contribution is -2.52. The maximum Gasteiger partial charge on any atom is 0.255 e. The largest absolute Gasteiger partial charge is 0.472 e. The number of hydrogen-bond donors (Lipinski definition) is 2. The molecular weight excluding hydrogens is 436 g/mol. The van der Waals surface area contributed by atoms with Crippen LogP contribution in [-0.2, 0) is 29.9 Å². The molecule has 1 amide bonds. The third kappa shape index (κ3) is 4.98. The number of hydrogen-bond acceptors (Lipinski definition) is 8. The van der Waals surface area contributed by atoms with Crippen molar-refractivity contribution in [2.45, 2.75) is 42.9 Å². The van der Waals surface area contributed by atoms with Crippen LogP contribution in [0.2, 0.25) is 0 Å². The number of nitrogens with one attached hydrogen (secondary N) is 2. The normalized spacial score (nSPS) is 24.0. The van der Waals surface area contributed by atoms with Crippen LogP contribution in [0, 0.1) is 0 Å². The Morgan fingerprint density at radius 2 is 1.97 bits per heavy atom. The van der Waals surface area contributed by atoms with Crippen LogP contribution in [0.25, 0.3) is 0 Å². The van der Waals surface area contributed by atoms with E-state index < -0.39 is 57.4 Å². The van der Waals surface area contributed by atoms with Gasteiger partial charge in [0, 0.05) is 0 Å². The molecule has 4 unspecified atom stereocenters. The van der Waals surface area contributed by atoms with E-state index in [0.717, 1.165) is 6.42 Å². The summed E-state index contributed by atoms with van der Waals surface area (Å²) in [6.45, 7) is 0.642. The predicted molar refractivity (Wildman–Crippen MR) is 114 cm³/mol. The van der Waals surface area contributed by atoms with E-state index in [1.807, 2.05) is 0 Å². The lowest BCUT2D eigenvalue weighted by atomic mass is 9.96. The number of rotatable bonds is 8. The van der Waals surface area contributed by atoms with Gasteiger partial charge in [-0.05, 0) is 31.0 Å². The Bertz CT molecular complexity index is 1080. The van der Waals surface area contributed by atoms with Gasteiger partial charge in [-0.1, -0.05) is 30.3 Å². The Balaban J connectivity index is 1.55. The van der Waals surface area contributed by atoms with E-state index in [4.69, 9.17) is 9.15 Å². The molecule has 2 aliphatic rings. The van der Waals surface area contributed by atoms with Gasteiger partial charge in [0.05, 0.1) is 35.5 Å². The minimum Gasteiger partial charge on any atom is -0.472 e. The summed E-state index contributed by atoms with van der Waals surface area (Å²) in [4.78, 5) is 38.6. The van der Waals surface area contributed by atoms with Gasteiger partial charge in [0.25, 0.3) is 5.91 Å². The molecule has 2 N–H and O–H groups in total. The fraction of sp³-hybridized carbons (Fsp3) is 0.409. The number of amides is 1. The second-order valence-corrected chi connectivity index (χ2v) is 10.1. The van der Waals surface area contributed by atoms with Gasteiger partial charge in [-0.15, -0.1) is 0 Å². The number of ether oxygens (including phenoxy) is 1. The highest BCUT2D eigenvalue weighted by atomic mass is 32.2. The highest BCUT2D eigenvalue weighted by molar-refractivity contribution is 7.90. The molecule has 2 saturated heterocycles. The highest BCUT2D eigenvalue weighted by Crippen LogP contribution is 2.25. The number of fused-ring (bicyclic) bond motifs is 1. The van der Waals surface area contributed by atoms with Crippen molar-refractivity contribution in [3.8, 4) is 0 Å². The van der Waals surface area contributed by atoms with Gasteiger partial charge in [0.15, 0.2) is 27.5 Å². The maximum atomic E-state index is 13.3. The van der Waals surface area contributed by atoms with Crippen molar-refractivity contribution < 1.29 is 32.0 Å². The van der Waals surface area contributed by atoms with Crippen molar-refractivity contribution >= 4 is 27.3 Å². The average molecular weight is 461 g/mol. The van der Waals surface area contributed by atoms with Crippen LogP contribution in [0.5, 0.6) is 0 Å². The first-order valence-corrected chi connectivity index (χ1v) is 12.2. The number of sulfone groups is 1. The SMILES string of the molecule is O=C(NC(CS(=O)(=O)Cc1ccccc1)C(=O)C1OC2CCCNC2C1=O)c1ccoc1. The Kier molecular flexibility index (Phi) is 6.54. The average Bonchev–Trinajstić information content (AvgIpc) is 3.42. The van der Waals surface area contributed by atoms with Gasteiger partial charge < -0.3 is 19.8 Å². The fourth-order valence-corrected chi connectivity index (χ4v) is 5.63. The zero-order valence-corrected chi connectivity index (χ0v) is 18.0. The number of furan rings is 1. The molecule has 2 aliphatic heterocycles. The van der Waals surface area contributed by atoms with Gasteiger partial charge in [0.1, 0.15) is 12.3 Å². The number of benzene rings is 1. The summed E-state index contributed by atoms with van der Waals surface area (Å²) in [7, 11) is -3.81. The van der Waals surface area contributed by atoms with Crippen LogP contribution in [-0.4, -0.2) is 62.5 Å². The molecule has 0 spiro atoms. The third-order valence-corrected chi connectivity index (χ3v) is 7.23. The van der Waals surface area contributed by atoms with Gasteiger partial charge >= 0.3 is 0 Å². The first-order chi connectivity index (χ1) is 15.3. The van der Waals surface area contributed by atoms with Crippen molar-refractivity contribution in [2.24, 2.45) is 0 Å². The molecule has 0 saturated carbocycles. The summed E-state index contributed by atoms with van der Waals surface area (Å²) in [5, 5.41) is 5.51. The van der Waals surface area contributed by atoms with Gasteiger partial charge in [0.2, 0.25) is 0 Å². The summed E-state index contributed by atoms with van der Waals surface area (Å²) in [5.74, 6) is -2.82. The molecule has 1 aromatic carbocycles. The lowest BCUT2D eigenvalue weighted by molar-refractivity contribution is -0.138. The smallest absolute Gasteiger partial charge is 0.255 e. The third-order valence-electron chi connectivity index (χ3n) is 5.62. The Hall–Kier alpha value is -2.82. The molecule has 0 bridgehead atoms. The van der Waals surface area contributed by atoms with E-state index >= 15 is 0 Å². The van der Waals surface area contributed by atoms with Crippen LogP contribution in [0.15, 0.2) is 53.3 Å². The van der Waals surface area contributed by atoms with E-state index in [2.05, 4.69) is 10.6 Å². The zero-order valence-electron chi connectivity index (χ0n) is 17.2. The van der Waals surface area contributed by atoms with E-state index in [-0.39, 0.29) is 11.3 Å². The lowest BCUT2D eigenvalue weighted by Gasteiger charge is -2.23. The minimum absolute atomic E-state index is 0.136. The van der Waals surface area contributed by atoms with E-state index in [9.17, 15) is 22.8 Å². The number of carbonyl (C=O) groups excluding carboxylic acids is 3. The van der Waals surface area contributed by atoms with Crippen LogP contribution in [0.3, 0.4) is 0 Å². The second-order valence-electron chi connectivity index (χ2n) is 8.01. The van der Waals surface area contributed by atoms with Crippen LogP contribution in [0.1, 0.15) is 28.8 Å². The van der Waals surface area contributed by atoms with Crippen LogP contribution in [0.4, 0.5) is 0 Å². The number of piperidine rings is 1. The van der Waals surface area contributed by atoms with E-state index in [1.165, 1.54) is 18.6 Å². The molecule has 170 valence electrons. The standard InChI is InChI=1S/C22H24N2O7S/c25-19(21-20(26)18-17(31-21)7-4-9-23-18)16(24-22(27)15-8-10-30-11-15)13-32(28,29)12-14-5-2-1-3-6-14/h1-3,5-6,8,10-11,16-18,21,23H,4,7,9,12-13H2,(H,24,27). The Morgan fingerprint density at radius 1 is 1.19 bits per heavy atom. The van der Waals surface area contributed by atoms with Crippen LogP contribution >= 0.6 is 0 Å². The predicted octanol–water partition coefficient (Wildman–Crippen LogP) is 0.651. The monoisotopic (exact) mass is 460 g/mol. The molecule has 3 heterocycles. The summed E-state index contributed by atoms with van der Waals surface area (Å²) in [5.41, 5.74) is 0.695. The van der Waals surface area contributed by atoms with Gasteiger partial charge in [-0.25, -0.2) is 8.42 Å². The fourth-order valence-electron chi connectivity index (χ4n) is 4.06. The highest BCUT2D eigenvalue weighted by Gasteiger charge is 2.49. The van der Waals surface area contributed by atoms with Gasteiger partial charge in [-0.2, -0.15) is 0 Å². The molecule has 10 heteroatoms. The second kappa shape index (κ2) is 9.35. The molecule has 4 atom stereocenters. The molecule has 0 radical (unpaired) electrons. The van der Waals surface area contributed by atoms with Crippen molar-refractivity contribution in [3.05, 3.63) is 60.1 Å². The minimum atomic E-state index is -3.81. The topological polar surface area (TPSA) is 132 Å². The van der Waals surface area contributed by atoms with Crippen molar-refractivity contribution in [2.75, 3.05) is 12.3 Å². The Morgan fingerprint density at radius 3 is 2.66 bits per heavy atom. The molecule has 1 aromatic heterocycles. The number of Topliss-reactive ketones (excluding diaryl/α,β-unsaturated/α-hetero) is 2. The number of ketones is 2.